The summed E-state index contributed by atoms with van der Waals surface area (Å²) in [4.78, 5) is 0. The summed E-state index contributed by atoms with van der Waals surface area (Å²) in [6.07, 6.45) is 1.51. The molecule has 0 amide bonds. The van der Waals surface area contributed by atoms with E-state index in [0.717, 1.165) is 5.75 Å². The van der Waals surface area contributed by atoms with Gasteiger partial charge in [-0.3, -0.25) is 0 Å². The van der Waals surface area contributed by atoms with Gasteiger partial charge in [0, 0.05) is 18.2 Å². The van der Waals surface area contributed by atoms with Crippen LogP contribution in [0.25, 0.3) is 0 Å². The molecule has 0 aromatic heterocycles. The number of aliphatic hydroxyl groups excluding tert-OH is 1. The molecule has 2 N–H and O–H groups in total. The SMILES string of the molecule is COc1ccc(C(NCC(O)c2ccccc2F)C2CC2)cc1. The van der Waals surface area contributed by atoms with Crippen molar-refractivity contribution in [2.24, 2.45) is 5.92 Å². The largest absolute Gasteiger partial charge is 0.497 e. The van der Waals surface area contributed by atoms with Gasteiger partial charge < -0.3 is 15.2 Å². The highest BCUT2D eigenvalue weighted by Crippen LogP contribution is 2.41. The topological polar surface area (TPSA) is 41.5 Å². The molecule has 2 unspecified atom stereocenters. The molecule has 1 aliphatic rings. The van der Waals surface area contributed by atoms with Crippen LogP contribution in [0.4, 0.5) is 4.39 Å². The van der Waals surface area contributed by atoms with Gasteiger partial charge in [0.15, 0.2) is 0 Å². The second kappa shape index (κ2) is 7.11. The molecule has 2 atom stereocenters. The zero-order valence-electron chi connectivity index (χ0n) is 13.2. The first-order chi connectivity index (χ1) is 11.2. The first kappa shape index (κ1) is 16.0. The quantitative estimate of drug-likeness (QED) is 0.820. The summed E-state index contributed by atoms with van der Waals surface area (Å²) in [5, 5.41) is 13.7. The molecule has 3 nitrogen and oxygen atoms in total. The highest BCUT2D eigenvalue weighted by Gasteiger charge is 2.32. The van der Waals surface area contributed by atoms with Crippen molar-refractivity contribution in [3.8, 4) is 5.75 Å². The molecule has 0 spiro atoms. The number of benzene rings is 2. The summed E-state index contributed by atoms with van der Waals surface area (Å²) in [7, 11) is 1.65. The summed E-state index contributed by atoms with van der Waals surface area (Å²) < 4.78 is 18.9. The number of halogens is 1. The zero-order valence-corrected chi connectivity index (χ0v) is 13.2. The van der Waals surface area contributed by atoms with Crippen molar-refractivity contribution in [1.29, 1.82) is 0 Å². The molecule has 4 heteroatoms. The minimum absolute atomic E-state index is 0.183. The minimum Gasteiger partial charge on any atom is -0.497 e. The minimum atomic E-state index is -0.851. The second-order valence-corrected chi connectivity index (χ2v) is 6.03. The van der Waals surface area contributed by atoms with Gasteiger partial charge in [-0.2, -0.15) is 0 Å². The number of rotatable bonds is 7. The highest BCUT2D eigenvalue weighted by molar-refractivity contribution is 5.30. The fourth-order valence-electron chi connectivity index (χ4n) is 2.89. The average molecular weight is 315 g/mol. The number of hydrogen-bond donors (Lipinski definition) is 2. The molecule has 0 aliphatic heterocycles. The van der Waals surface area contributed by atoms with E-state index >= 15 is 0 Å². The van der Waals surface area contributed by atoms with Gasteiger partial charge in [-0.1, -0.05) is 30.3 Å². The smallest absolute Gasteiger partial charge is 0.129 e. The third-order valence-electron chi connectivity index (χ3n) is 4.36. The molecule has 2 aromatic rings. The molecule has 122 valence electrons. The molecule has 23 heavy (non-hydrogen) atoms. The first-order valence-electron chi connectivity index (χ1n) is 7.99. The lowest BCUT2D eigenvalue weighted by Crippen LogP contribution is -2.28. The van der Waals surface area contributed by atoms with E-state index in [9.17, 15) is 9.50 Å². The normalized spacial score (nSPS) is 16.8. The van der Waals surface area contributed by atoms with E-state index in [1.54, 1.807) is 25.3 Å². The Hall–Kier alpha value is -1.91. The van der Waals surface area contributed by atoms with E-state index in [2.05, 4.69) is 5.32 Å². The Bertz CT molecular complexity index is 640. The summed E-state index contributed by atoms with van der Waals surface area (Å²) in [6.45, 7) is 0.328. The maximum Gasteiger partial charge on any atom is 0.129 e. The van der Waals surface area contributed by atoms with Crippen LogP contribution in [0.15, 0.2) is 48.5 Å². The Morgan fingerprint density at radius 3 is 2.48 bits per heavy atom. The summed E-state index contributed by atoms with van der Waals surface area (Å²) >= 11 is 0. The predicted octanol–water partition coefficient (Wildman–Crippen LogP) is 3.61. The first-order valence-corrected chi connectivity index (χ1v) is 7.99. The van der Waals surface area contributed by atoms with E-state index in [-0.39, 0.29) is 11.9 Å². The number of nitrogens with one attached hydrogen (secondary N) is 1. The Kier molecular flexibility index (Phi) is 4.94. The molecule has 0 saturated heterocycles. The molecule has 1 aliphatic carbocycles. The molecular weight excluding hydrogens is 293 g/mol. The van der Waals surface area contributed by atoms with E-state index < -0.39 is 6.10 Å². The summed E-state index contributed by atoms with van der Waals surface area (Å²) in [6, 6.07) is 14.5. The highest BCUT2D eigenvalue weighted by atomic mass is 19.1. The number of methoxy groups -OCH3 is 1. The van der Waals surface area contributed by atoms with Gasteiger partial charge in [-0.05, 0) is 42.5 Å². The lowest BCUT2D eigenvalue weighted by atomic mass is 10.0. The second-order valence-electron chi connectivity index (χ2n) is 6.03. The van der Waals surface area contributed by atoms with Gasteiger partial charge in [0.25, 0.3) is 0 Å². The fourth-order valence-corrected chi connectivity index (χ4v) is 2.89. The summed E-state index contributed by atoms with van der Waals surface area (Å²) in [5.41, 5.74) is 1.51. The van der Waals surface area contributed by atoms with E-state index in [1.165, 1.54) is 24.5 Å². The van der Waals surface area contributed by atoms with Crippen LogP contribution in [0.1, 0.15) is 36.1 Å². The standard InChI is InChI=1S/C19H22FNO2/c1-23-15-10-8-14(9-11-15)19(13-6-7-13)21-12-18(22)16-4-2-3-5-17(16)20/h2-5,8-11,13,18-19,21-22H,6-7,12H2,1H3. The van der Waals surface area contributed by atoms with Crippen LogP contribution < -0.4 is 10.1 Å². The van der Waals surface area contributed by atoms with Gasteiger partial charge in [0.05, 0.1) is 13.2 Å². The van der Waals surface area contributed by atoms with E-state index in [0.29, 0.717) is 18.0 Å². The van der Waals surface area contributed by atoms with Crippen LogP contribution in [-0.2, 0) is 0 Å². The van der Waals surface area contributed by atoms with Crippen LogP contribution >= 0.6 is 0 Å². The van der Waals surface area contributed by atoms with E-state index in [1.807, 2.05) is 24.3 Å². The van der Waals surface area contributed by atoms with Crippen molar-refractivity contribution in [2.75, 3.05) is 13.7 Å². The van der Waals surface area contributed by atoms with Crippen molar-refractivity contribution in [2.45, 2.75) is 25.0 Å². The van der Waals surface area contributed by atoms with Crippen LogP contribution in [-0.4, -0.2) is 18.8 Å². The van der Waals surface area contributed by atoms with Crippen molar-refractivity contribution < 1.29 is 14.2 Å². The van der Waals surface area contributed by atoms with E-state index in [4.69, 9.17) is 4.74 Å². The lowest BCUT2D eigenvalue weighted by Gasteiger charge is -2.21. The Balaban J connectivity index is 1.67. The molecule has 3 rings (SSSR count). The molecular formula is C19H22FNO2. The third-order valence-corrected chi connectivity index (χ3v) is 4.36. The Morgan fingerprint density at radius 1 is 1.17 bits per heavy atom. The Morgan fingerprint density at radius 2 is 1.87 bits per heavy atom. The van der Waals surface area contributed by atoms with Crippen molar-refractivity contribution >= 4 is 0 Å². The molecule has 0 heterocycles. The van der Waals surface area contributed by atoms with Crippen molar-refractivity contribution in [3.05, 3.63) is 65.5 Å². The number of hydrogen-bond acceptors (Lipinski definition) is 3. The van der Waals surface area contributed by atoms with Gasteiger partial charge >= 0.3 is 0 Å². The van der Waals surface area contributed by atoms with Gasteiger partial charge in [0.1, 0.15) is 11.6 Å². The maximum atomic E-state index is 13.7. The van der Waals surface area contributed by atoms with Crippen LogP contribution in [0.3, 0.4) is 0 Å². The zero-order chi connectivity index (χ0) is 16.2. The maximum absolute atomic E-state index is 13.7. The molecule has 1 saturated carbocycles. The fraction of sp³-hybridized carbons (Fsp3) is 0.368. The molecule has 2 aromatic carbocycles. The Labute approximate surface area is 136 Å². The van der Waals surface area contributed by atoms with Crippen LogP contribution in [0, 0.1) is 11.7 Å². The van der Waals surface area contributed by atoms with Gasteiger partial charge in [0.2, 0.25) is 0 Å². The van der Waals surface area contributed by atoms with Gasteiger partial charge in [-0.25, -0.2) is 4.39 Å². The molecule has 1 fully saturated rings. The van der Waals surface area contributed by atoms with Gasteiger partial charge in [-0.15, -0.1) is 0 Å². The lowest BCUT2D eigenvalue weighted by molar-refractivity contribution is 0.163. The molecule has 0 radical (unpaired) electrons. The number of aliphatic hydroxyl groups is 1. The predicted molar refractivity (Wildman–Crippen MR) is 87.8 cm³/mol. The monoisotopic (exact) mass is 315 g/mol. The van der Waals surface area contributed by atoms with Crippen molar-refractivity contribution in [3.63, 3.8) is 0 Å². The van der Waals surface area contributed by atoms with Crippen LogP contribution in [0.5, 0.6) is 5.75 Å². The molecule has 0 bridgehead atoms. The van der Waals surface area contributed by atoms with Crippen LogP contribution in [0.2, 0.25) is 0 Å². The summed E-state index contributed by atoms with van der Waals surface area (Å²) in [5.74, 6) is 1.04. The van der Waals surface area contributed by atoms with Crippen molar-refractivity contribution in [1.82, 2.24) is 5.32 Å². The number of ether oxygens (including phenoxy) is 1. The third kappa shape index (κ3) is 3.89. The average Bonchev–Trinajstić information content (AvgIpc) is 3.41.